The first-order chi connectivity index (χ1) is 28.7. The molecule has 11 rings (SSSR count). The first kappa shape index (κ1) is 33.6. The minimum Gasteiger partial charge on any atom is -0.327 e. The summed E-state index contributed by atoms with van der Waals surface area (Å²) in [7, 11) is 0. The van der Waals surface area contributed by atoms with E-state index in [0.717, 1.165) is 72.4 Å². The third kappa shape index (κ3) is 5.55. The molecule has 0 aliphatic carbocycles. The Morgan fingerprint density at radius 1 is 0.466 bits per heavy atom. The van der Waals surface area contributed by atoms with Gasteiger partial charge in [0.15, 0.2) is 11.6 Å². The number of pyridine rings is 1. The Morgan fingerprint density at radius 2 is 1.00 bits per heavy atom. The number of nitrogens with zero attached hydrogens (tertiary/aromatic N) is 5. The van der Waals surface area contributed by atoms with Gasteiger partial charge in [-0.1, -0.05) is 152 Å². The highest BCUT2D eigenvalue weighted by Gasteiger charge is 2.21. The molecule has 8 aromatic carbocycles. The highest BCUT2D eigenvalue weighted by Crippen LogP contribution is 2.42. The lowest BCUT2D eigenvalue weighted by atomic mass is 9.93. The molecule has 0 atom stereocenters. The number of benzene rings is 8. The molecule has 0 bridgehead atoms. The quantitative estimate of drug-likeness (QED) is 0.126. The summed E-state index contributed by atoms with van der Waals surface area (Å²) in [4.78, 5) is 22.8. The van der Waals surface area contributed by atoms with E-state index in [4.69, 9.17) is 15.0 Å². The number of aliphatic imine (C=N–C) groups is 1. The van der Waals surface area contributed by atoms with E-state index in [0.29, 0.717) is 12.4 Å². The Hall–Kier alpha value is -7.76. The van der Waals surface area contributed by atoms with Crippen LogP contribution in [0.1, 0.15) is 0 Å². The van der Waals surface area contributed by atoms with Crippen molar-refractivity contribution in [3.63, 3.8) is 0 Å². The van der Waals surface area contributed by atoms with E-state index in [-0.39, 0.29) is 0 Å². The zero-order valence-corrected chi connectivity index (χ0v) is 31.5. The van der Waals surface area contributed by atoms with Crippen molar-refractivity contribution in [2.24, 2.45) is 4.99 Å². The molecule has 272 valence electrons. The van der Waals surface area contributed by atoms with Gasteiger partial charge >= 0.3 is 0 Å². The number of allylic oxidation sites excluding steroid dienone is 2. The van der Waals surface area contributed by atoms with E-state index >= 15 is 0 Å². The van der Waals surface area contributed by atoms with Gasteiger partial charge in [-0.3, -0.25) is 4.99 Å². The van der Waals surface area contributed by atoms with Gasteiger partial charge in [0.25, 0.3) is 0 Å². The van der Waals surface area contributed by atoms with Crippen molar-refractivity contribution in [1.29, 1.82) is 0 Å². The molecular formula is C53H35N5. The van der Waals surface area contributed by atoms with Crippen LogP contribution in [0.25, 0.3) is 99.0 Å². The van der Waals surface area contributed by atoms with Crippen LogP contribution in [0.2, 0.25) is 0 Å². The molecule has 1 aliphatic rings. The van der Waals surface area contributed by atoms with E-state index < -0.39 is 0 Å². The van der Waals surface area contributed by atoms with Gasteiger partial charge in [-0.05, 0) is 80.1 Å². The van der Waals surface area contributed by atoms with E-state index in [1.165, 1.54) is 32.3 Å². The number of anilines is 1. The van der Waals surface area contributed by atoms with Crippen LogP contribution in [0, 0.1) is 0 Å². The van der Waals surface area contributed by atoms with Crippen LogP contribution in [-0.2, 0) is 0 Å². The zero-order chi connectivity index (χ0) is 38.6. The van der Waals surface area contributed by atoms with Crippen molar-refractivity contribution in [3.8, 4) is 45.2 Å². The maximum absolute atomic E-state index is 5.43. The van der Waals surface area contributed by atoms with Crippen molar-refractivity contribution >= 4 is 72.1 Å². The van der Waals surface area contributed by atoms with Crippen LogP contribution in [0.5, 0.6) is 0 Å². The van der Waals surface area contributed by atoms with Crippen LogP contribution < -0.4 is 4.90 Å². The second-order valence-electron chi connectivity index (χ2n) is 14.7. The minimum atomic E-state index is 0.641. The SMILES string of the molecule is C=Nc1c(N2C=CC=CC2)nc(-c2cccc(-c3nc(-c4cc5ccccc5c5ccccc45)cc(-c4cc5ccccc5c5ccccc45)n3)c2)c2ccccc12. The number of hydrogen-bond donors (Lipinski definition) is 0. The van der Waals surface area contributed by atoms with E-state index in [1.807, 2.05) is 30.5 Å². The van der Waals surface area contributed by atoms with Gasteiger partial charge in [-0.25, -0.2) is 15.0 Å². The standard InChI is InChI=1S/C53H35N5/c1-54-51-45-27-12-11-26-44(45)50(57-53(51)58-28-13-2-14-29-58)36-18-15-19-37(30-36)52-55-48(46-31-34-16-3-5-20-38(34)40-22-7-9-24-42(40)46)33-49(56-52)47-32-35-17-4-6-21-39(35)41-23-8-10-25-43(41)47/h2-28,30-33H,1,29H2. The van der Waals surface area contributed by atoms with Crippen LogP contribution in [0.15, 0.2) is 193 Å². The van der Waals surface area contributed by atoms with E-state index in [9.17, 15) is 0 Å². The van der Waals surface area contributed by atoms with Gasteiger partial charge in [0.05, 0.1) is 17.1 Å². The minimum absolute atomic E-state index is 0.641. The van der Waals surface area contributed by atoms with Crippen molar-refractivity contribution in [1.82, 2.24) is 15.0 Å². The first-order valence-corrected chi connectivity index (χ1v) is 19.5. The normalized spacial score (nSPS) is 12.7. The Balaban J connectivity index is 1.17. The van der Waals surface area contributed by atoms with Crippen LogP contribution in [-0.4, -0.2) is 28.2 Å². The topological polar surface area (TPSA) is 54.3 Å². The third-order valence-electron chi connectivity index (χ3n) is 11.3. The van der Waals surface area contributed by atoms with Gasteiger partial charge < -0.3 is 4.90 Å². The molecular weight excluding hydrogens is 707 g/mol. The number of hydrogen-bond acceptors (Lipinski definition) is 5. The van der Waals surface area contributed by atoms with Gasteiger partial charge in [-0.15, -0.1) is 0 Å². The molecule has 58 heavy (non-hydrogen) atoms. The van der Waals surface area contributed by atoms with Gasteiger partial charge in [-0.2, -0.15) is 0 Å². The van der Waals surface area contributed by atoms with Crippen molar-refractivity contribution in [3.05, 3.63) is 188 Å². The Bertz CT molecular complexity index is 3220. The average molecular weight is 742 g/mol. The van der Waals surface area contributed by atoms with Crippen molar-refractivity contribution in [2.45, 2.75) is 0 Å². The maximum atomic E-state index is 5.43. The van der Waals surface area contributed by atoms with Crippen LogP contribution >= 0.6 is 0 Å². The largest absolute Gasteiger partial charge is 0.327 e. The third-order valence-corrected chi connectivity index (χ3v) is 11.3. The summed E-state index contributed by atoms with van der Waals surface area (Å²) in [5, 5.41) is 11.5. The zero-order valence-electron chi connectivity index (χ0n) is 31.5. The average Bonchev–Trinajstić information content (AvgIpc) is 3.30. The molecule has 0 saturated carbocycles. The predicted molar refractivity (Wildman–Crippen MR) is 244 cm³/mol. The highest BCUT2D eigenvalue weighted by atomic mass is 15.2. The molecule has 0 unspecified atom stereocenters. The maximum Gasteiger partial charge on any atom is 0.160 e. The second-order valence-corrected chi connectivity index (χ2v) is 14.7. The molecule has 2 aromatic heterocycles. The number of fused-ring (bicyclic) bond motifs is 7. The van der Waals surface area contributed by atoms with Gasteiger partial charge in [0, 0.05) is 45.8 Å². The summed E-state index contributed by atoms with van der Waals surface area (Å²) < 4.78 is 0. The lowest BCUT2D eigenvalue weighted by molar-refractivity contribution is 1.03. The van der Waals surface area contributed by atoms with Gasteiger partial charge in [0.1, 0.15) is 5.69 Å². The molecule has 0 spiro atoms. The lowest BCUT2D eigenvalue weighted by Crippen LogP contribution is -2.19. The highest BCUT2D eigenvalue weighted by molar-refractivity contribution is 6.15. The van der Waals surface area contributed by atoms with E-state index in [2.05, 4.69) is 174 Å². The monoisotopic (exact) mass is 741 g/mol. The van der Waals surface area contributed by atoms with Crippen molar-refractivity contribution in [2.75, 3.05) is 11.4 Å². The molecule has 1 aliphatic heterocycles. The van der Waals surface area contributed by atoms with E-state index in [1.54, 1.807) is 0 Å². The smallest absolute Gasteiger partial charge is 0.160 e. The number of aromatic nitrogens is 3. The van der Waals surface area contributed by atoms with Crippen LogP contribution in [0.3, 0.4) is 0 Å². The predicted octanol–water partition coefficient (Wildman–Crippen LogP) is 13.5. The fourth-order valence-corrected chi connectivity index (χ4v) is 8.63. The summed E-state index contributed by atoms with van der Waals surface area (Å²) in [6, 6.07) is 57.9. The molecule has 0 fully saturated rings. The second kappa shape index (κ2) is 13.8. The summed E-state index contributed by atoms with van der Waals surface area (Å²) >= 11 is 0. The molecule has 5 heteroatoms. The molecule has 5 nitrogen and oxygen atoms in total. The van der Waals surface area contributed by atoms with Gasteiger partial charge in [0.2, 0.25) is 0 Å². The van der Waals surface area contributed by atoms with Crippen molar-refractivity contribution < 1.29 is 0 Å². The summed E-state index contributed by atoms with van der Waals surface area (Å²) in [6.45, 7) is 4.65. The Kier molecular flexibility index (Phi) is 7.97. The first-order valence-electron chi connectivity index (χ1n) is 19.5. The molecule has 0 radical (unpaired) electrons. The van der Waals surface area contributed by atoms with Crippen LogP contribution in [0.4, 0.5) is 11.5 Å². The fraction of sp³-hybridized carbons (Fsp3) is 0.0189. The summed E-state index contributed by atoms with van der Waals surface area (Å²) in [5.74, 6) is 1.41. The fourth-order valence-electron chi connectivity index (χ4n) is 8.63. The lowest BCUT2D eigenvalue weighted by Gasteiger charge is -2.23. The molecule has 0 saturated heterocycles. The molecule has 0 amide bonds. The molecule has 0 N–H and O–H groups in total. The Labute approximate surface area is 335 Å². The molecule has 10 aromatic rings. The summed E-state index contributed by atoms with van der Waals surface area (Å²) in [5.41, 5.74) is 7.34. The molecule has 3 heterocycles. The summed E-state index contributed by atoms with van der Waals surface area (Å²) in [6.07, 6.45) is 8.23. The Morgan fingerprint density at radius 3 is 1.59 bits per heavy atom. The number of rotatable bonds is 6.